The summed E-state index contributed by atoms with van der Waals surface area (Å²) >= 11 is 0. The first-order valence-corrected chi connectivity index (χ1v) is 26.8. The minimum Gasteiger partial charge on any atom is -0.309 e. The lowest BCUT2D eigenvalue weighted by Gasteiger charge is -2.33. The molecule has 2 heterocycles. The summed E-state index contributed by atoms with van der Waals surface area (Å²) in [6, 6.07) is 111. The van der Waals surface area contributed by atoms with Gasteiger partial charge in [-0.1, -0.05) is 200 Å². The van der Waals surface area contributed by atoms with Gasteiger partial charge < -0.3 is 18.9 Å². The summed E-state index contributed by atoms with van der Waals surface area (Å²) in [5, 5.41) is 9.26. The molecule has 13 aromatic carbocycles. The maximum absolute atomic E-state index is 2.55. The Kier molecular flexibility index (Phi) is 10.8. The van der Waals surface area contributed by atoms with Crippen LogP contribution in [0, 0.1) is 0 Å². The molecule has 0 aliphatic heterocycles. The van der Waals surface area contributed by atoms with Crippen LogP contribution in [-0.2, 0) is 0 Å². The van der Waals surface area contributed by atoms with Crippen molar-refractivity contribution in [1.29, 1.82) is 0 Å². The molecule has 0 radical (unpaired) electrons. The van der Waals surface area contributed by atoms with Gasteiger partial charge in [-0.3, -0.25) is 0 Å². The average Bonchev–Trinajstić information content (AvgIpc) is 4.09. The molecule has 0 fully saturated rings. The van der Waals surface area contributed by atoms with Gasteiger partial charge in [0.05, 0.1) is 39.1 Å². The van der Waals surface area contributed by atoms with E-state index in [1.165, 1.54) is 27.1 Å². The second-order valence-corrected chi connectivity index (χ2v) is 20.0. The van der Waals surface area contributed by atoms with E-state index in [-0.39, 0.29) is 0 Å². The zero-order valence-electron chi connectivity index (χ0n) is 42.7. The molecule has 0 bridgehead atoms. The van der Waals surface area contributed by atoms with Crippen LogP contribution in [0.5, 0.6) is 0 Å². The molecule has 4 nitrogen and oxygen atoms in total. The van der Waals surface area contributed by atoms with Crippen LogP contribution in [0.25, 0.3) is 98.8 Å². The van der Waals surface area contributed by atoms with Gasteiger partial charge in [0.2, 0.25) is 0 Å². The molecule has 4 heteroatoms. The first kappa shape index (κ1) is 45.0. The Labute approximate surface area is 452 Å². The molecule has 0 aliphatic carbocycles. The van der Waals surface area contributed by atoms with Crippen molar-refractivity contribution in [3.8, 4) is 33.6 Å². The number of anilines is 6. The van der Waals surface area contributed by atoms with Gasteiger partial charge in [-0.25, -0.2) is 0 Å². The standard InChI is InChI=1S/C74H50N4/c1-7-24-51(25-8-1)53-43-46-62-65(48-53)73(75(55-28-11-3-12-29-55)59-44-47-69-64(50-59)60-36-19-21-38-67(60)76(69)56-30-13-4-14-31-56)61-45-42-54(52-26-9-2-10-27-52)49-66(61)74(62)78(58-34-17-6-18-35-58)71-41-23-40-70-72(71)63-37-20-22-39-68(63)77(70)57-32-15-5-16-33-57/h1-50H. The van der Waals surface area contributed by atoms with Crippen LogP contribution in [-0.4, -0.2) is 9.13 Å². The van der Waals surface area contributed by atoms with Gasteiger partial charge in [0.25, 0.3) is 0 Å². The van der Waals surface area contributed by atoms with E-state index >= 15 is 0 Å². The average molecular weight is 995 g/mol. The molecule has 0 amide bonds. The van der Waals surface area contributed by atoms with E-state index in [9.17, 15) is 0 Å². The number of para-hydroxylation sites is 6. The van der Waals surface area contributed by atoms with E-state index < -0.39 is 0 Å². The molecule has 15 rings (SSSR count). The fraction of sp³-hybridized carbons (Fsp3) is 0. The van der Waals surface area contributed by atoms with Crippen LogP contribution in [0.15, 0.2) is 303 Å². The highest BCUT2D eigenvalue weighted by Crippen LogP contribution is 2.54. The smallest absolute Gasteiger partial charge is 0.0620 e. The minimum absolute atomic E-state index is 1.06. The van der Waals surface area contributed by atoms with E-state index in [0.29, 0.717) is 0 Å². The molecule has 0 N–H and O–H groups in total. The fourth-order valence-corrected chi connectivity index (χ4v) is 12.2. The van der Waals surface area contributed by atoms with Crippen LogP contribution in [0.2, 0.25) is 0 Å². The number of aromatic nitrogens is 2. The highest BCUT2D eigenvalue weighted by molar-refractivity contribution is 6.26. The molecule has 0 saturated carbocycles. The Hall–Kier alpha value is -10.4. The SMILES string of the molecule is c1ccc(-c2ccc3c(N(c4ccccc4)c4cccc5c4c4ccccc4n5-c4ccccc4)c4cc(-c5ccccc5)ccc4c(N(c4ccccc4)c4ccc5c(c4)c4ccccc4n5-c4ccccc4)c3c2)cc1. The molecule has 0 aliphatic rings. The Morgan fingerprint density at radius 2 is 0.641 bits per heavy atom. The van der Waals surface area contributed by atoms with Gasteiger partial charge in [-0.05, 0) is 125 Å². The van der Waals surface area contributed by atoms with Crippen molar-refractivity contribution in [2.45, 2.75) is 0 Å². The maximum atomic E-state index is 2.55. The topological polar surface area (TPSA) is 16.3 Å². The number of rotatable bonds is 10. The second kappa shape index (κ2) is 18.7. The van der Waals surface area contributed by atoms with Crippen LogP contribution in [0.4, 0.5) is 34.1 Å². The summed E-state index contributed by atoms with van der Waals surface area (Å²) in [4.78, 5) is 5.06. The molecule has 15 aromatic rings. The summed E-state index contributed by atoms with van der Waals surface area (Å²) < 4.78 is 4.82. The first-order valence-electron chi connectivity index (χ1n) is 26.8. The molecule has 78 heavy (non-hydrogen) atoms. The molecule has 0 spiro atoms. The third kappa shape index (κ3) is 7.37. The van der Waals surface area contributed by atoms with Crippen molar-refractivity contribution in [3.05, 3.63) is 303 Å². The van der Waals surface area contributed by atoms with Crippen LogP contribution in [0.1, 0.15) is 0 Å². The largest absolute Gasteiger partial charge is 0.309 e. The zero-order valence-corrected chi connectivity index (χ0v) is 42.7. The van der Waals surface area contributed by atoms with E-state index in [1.807, 2.05) is 0 Å². The van der Waals surface area contributed by atoms with Crippen LogP contribution in [0.3, 0.4) is 0 Å². The van der Waals surface area contributed by atoms with Gasteiger partial charge in [-0.15, -0.1) is 0 Å². The summed E-state index contributed by atoms with van der Waals surface area (Å²) in [5.41, 5.74) is 18.0. The summed E-state index contributed by atoms with van der Waals surface area (Å²) in [7, 11) is 0. The van der Waals surface area contributed by atoms with E-state index in [0.717, 1.165) is 106 Å². The molecule has 0 unspecified atom stereocenters. The van der Waals surface area contributed by atoms with Gasteiger partial charge >= 0.3 is 0 Å². The Morgan fingerprint density at radius 1 is 0.218 bits per heavy atom. The van der Waals surface area contributed by atoms with Gasteiger partial charge in [0, 0.05) is 71.5 Å². The minimum atomic E-state index is 1.06. The molecular formula is C74H50N4. The lowest BCUT2D eigenvalue weighted by atomic mass is 9.91. The van der Waals surface area contributed by atoms with Gasteiger partial charge in [0.15, 0.2) is 0 Å². The van der Waals surface area contributed by atoms with Gasteiger partial charge in [-0.2, -0.15) is 0 Å². The Balaban J connectivity index is 1.10. The van der Waals surface area contributed by atoms with Crippen molar-refractivity contribution >= 4 is 99.3 Å². The monoisotopic (exact) mass is 994 g/mol. The lowest BCUT2D eigenvalue weighted by molar-refractivity contribution is 1.18. The highest BCUT2D eigenvalue weighted by atomic mass is 15.2. The van der Waals surface area contributed by atoms with Crippen molar-refractivity contribution < 1.29 is 0 Å². The van der Waals surface area contributed by atoms with Crippen molar-refractivity contribution in [1.82, 2.24) is 9.13 Å². The number of fused-ring (bicyclic) bond motifs is 8. The van der Waals surface area contributed by atoms with E-state index in [1.54, 1.807) is 0 Å². The van der Waals surface area contributed by atoms with E-state index in [4.69, 9.17) is 0 Å². The summed E-state index contributed by atoms with van der Waals surface area (Å²) in [6.07, 6.45) is 0. The molecule has 0 atom stereocenters. The summed E-state index contributed by atoms with van der Waals surface area (Å²) in [5.74, 6) is 0. The number of nitrogens with zero attached hydrogens (tertiary/aromatic N) is 4. The predicted molar refractivity (Wildman–Crippen MR) is 330 cm³/mol. The lowest BCUT2D eigenvalue weighted by Crippen LogP contribution is -2.15. The molecular weight excluding hydrogens is 945 g/mol. The normalized spacial score (nSPS) is 11.6. The maximum Gasteiger partial charge on any atom is 0.0620 e. The number of benzene rings is 13. The van der Waals surface area contributed by atoms with Crippen LogP contribution < -0.4 is 9.80 Å². The Morgan fingerprint density at radius 3 is 1.21 bits per heavy atom. The van der Waals surface area contributed by atoms with Crippen LogP contribution >= 0.6 is 0 Å². The molecule has 0 saturated heterocycles. The summed E-state index contributed by atoms with van der Waals surface area (Å²) in [6.45, 7) is 0. The third-order valence-electron chi connectivity index (χ3n) is 15.6. The zero-order chi connectivity index (χ0) is 51.5. The number of hydrogen-bond donors (Lipinski definition) is 0. The molecule has 366 valence electrons. The Bertz CT molecular complexity index is 4700. The van der Waals surface area contributed by atoms with Gasteiger partial charge in [0.1, 0.15) is 0 Å². The fourth-order valence-electron chi connectivity index (χ4n) is 12.2. The third-order valence-corrected chi connectivity index (χ3v) is 15.6. The molecule has 2 aromatic heterocycles. The van der Waals surface area contributed by atoms with Crippen molar-refractivity contribution in [2.24, 2.45) is 0 Å². The number of hydrogen-bond acceptors (Lipinski definition) is 2. The highest BCUT2D eigenvalue weighted by Gasteiger charge is 2.29. The van der Waals surface area contributed by atoms with Crippen molar-refractivity contribution in [3.63, 3.8) is 0 Å². The quantitative estimate of drug-likeness (QED) is 0.100. The van der Waals surface area contributed by atoms with Crippen molar-refractivity contribution in [2.75, 3.05) is 9.80 Å². The second-order valence-electron chi connectivity index (χ2n) is 20.0. The van der Waals surface area contributed by atoms with E-state index in [2.05, 4.69) is 322 Å². The predicted octanol–water partition coefficient (Wildman–Crippen LogP) is 20.5. The first-order chi connectivity index (χ1) is 38.7.